The quantitative estimate of drug-likeness (QED) is 0.482. The van der Waals surface area contributed by atoms with E-state index in [1.807, 2.05) is 30.3 Å². The van der Waals surface area contributed by atoms with Gasteiger partial charge in [-0.2, -0.15) is 0 Å². The van der Waals surface area contributed by atoms with E-state index in [-0.39, 0.29) is 11.7 Å². The summed E-state index contributed by atoms with van der Waals surface area (Å²) in [6.45, 7) is 1.49. The standard InChI is InChI=1S/C19H13N3O3S2/c1-11(23)16-15(12-5-3-2-4-6-12)21-19(27-16)22-17(24)14-9-20-18(26-14)13-7-8-25-10-13/h2-10H,1H3,(H,21,22,24). The minimum atomic E-state index is -0.314. The number of amides is 1. The second kappa shape index (κ2) is 7.26. The van der Waals surface area contributed by atoms with Crippen molar-refractivity contribution in [1.29, 1.82) is 0 Å². The summed E-state index contributed by atoms with van der Waals surface area (Å²) >= 11 is 2.43. The first-order valence-corrected chi connectivity index (χ1v) is 9.62. The molecule has 0 atom stereocenters. The van der Waals surface area contributed by atoms with Crippen molar-refractivity contribution >= 4 is 39.5 Å². The van der Waals surface area contributed by atoms with E-state index >= 15 is 0 Å². The van der Waals surface area contributed by atoms with Crippen LogP contribution in [0.4, 0.5) is 5.13 Å². The summed E-state index contributed by atoms with van der Waals surface area (Å²) in [5, 5.41) is 3.84. The average molecular weight is 395 g/mol. The number of benzene rings is 1. The summed E-state index contributed by atoms with van der Waals surface area (Å²) in [4.78, 5) is 34.2. The van der Waals surface area contributed by atoms with E-state index in [1.54, 1.807) is 18.6 Å². The molecular formula is C19H13N3O3S2. The molecule has 4 aromatic rings. The number of hydrogen-bond acceptors (Lipinski definition) is 7. The molecule has 134 valence electrons. The van der Waals surface area contributed by atoms with Crippen LogP contribution in [0.5, 0.6) is 0 Å². The van der Waals surface area contributed by atoms with Crippen molar-refractivity contribution in [2.24, 2.45) is 0 Å². The third-order valence-corrected chi connectivity index (χ3v) is 5.83. The fourth-order valence-electron chi connectivity index (χ4n) is 2.46. The van der Waals surface area contributed by atoms with Gasteiger partial charge < -0.3 is 4.42 Å². The van der Waals surface area contributed by atoms with Gasteiger partial charge in [-0.3, -0.25) is 14.9 Å². The molecule has 0 fully saturated rings. The summed E-state index contributed by atoms with van der Waals surface area (Å²) in [6.07, 6.45) is 4.65. The third-order valence-electron chi connectivity index (χ3n) is 3.71. The molecule has 0 aliphatic rings. The van der Waals surface area contributed by atoms with Gasteiger partial charge in [0.15, 0.2) is 10.9 Å². The number of aromatic nitrogens is 2. The van der Waals surface area contributed by atoms with Crippen molar-refractivity contribution in [2.75, 3.05) is 5.32 Å². The van der Waals surface area contributed by atoms with Gasteiger partial charge in [-0.1, -0.05) is 41.7 Å². The molecule has 0 aliphatic heterocycles. The molecule has 3 aromatic heterocycles. The number of carbonyl (C=O) groups excluding carboxylic acids is 2. The maximum Gasteiger partial charge on any atom is 0.269 e. The molecule has 0 bridgehead atoms. The monoisotopic (exact) mass is 395 g/mol. The number of anilines is 1. The number of thiazole rings is 2. The molecule has 0 radical (unpaired) electrons. The van der Waals surface area contributed by atoms with E-state index < -0.39 is 0 Å². The van der Waals surface area contributed by atoms with Crippen LogP contribution < -0.4 is 5.32 Å². The van der Waals surface area contributed by atoms with Crippen LogP contribution in [0.2, 0.25) is 0 Å². The highest BCUT2D eigenvalue weighted by atomic mass is 32.1. The van der Waals surface area contributed by atoms with E-state index in [1.165, 1.54) is 35.8 Å². The first-order chi connectivity index (χ1) is 13.1. The number of nitrogens with one attached hydrogen (secondary N) is 1. The molecule has 0 saturated carbocycles. The Morgan fingerprint density at radius 3 is 2.59 bits per heavy atom. The minimum absolute atomic E-state index is 0.0908. The molecule has 0 aliphatic carbocycles. The number of rotatable bonds is 5. The van der Waals surface area contributed by atoms with Crippen LogP contribution in [0.25, 0.3) is 21.8 Å². The molecule has 27 heavy (non-hydrogen) atoms. The Balaban J connectivity index is 1.59. The van der Waals surface area contributed by atoms with Crippen molar-refractivity contribution < 1.29 is 14.0 Å². The maximum absolute atomic E-state index is 12.5. The van der Waals surface area contributed by atoms with Gasteiger partial charge in [-0.25, -0.2) is 9.97 Å². The predicted octanol–water partition coefficient (Wildman–Crippen LogP) is 4.98. The van der Waals surface area contributed by atoms with Crippen LogP contribution in [-0.2, 0) is 0 Å². The van der Waals surface area contributed by atoms with Crippen LogP contribution >= 0.6 is 22.7 Å². The highest BCUT2D eigenvalue weighted by Gasteiger charge is 2.19. The van der Waals surface area contributed by atoms with E-state index in [2.05, 4.69) is 15.3 Å². The number of Topliss-reactive ketones (excluding diaryl/α,β-unsaturated/α-hetero) is 1. The van der Waals surface area contributed by atoms with E-state index in [0.717, 1.165) is 11.1 Å². The van der Waals surface area contributed by atoms with E-state index in [9.17, 15) is 9.59 Å². The third kappa shape index (κ3) is 3.57. The summed E-state index contributed by atoms with van der Waals surface area (Å²) in [5.74, 6) is -0.405. The van der Waals surface area contributed by atoms with Crippen molar-refractivity contribution in [3.05, 3.63) is 64.9 Å². The van der Waals surface area contributed by atoms with Gasteiger partial charge in [0.2, 0.25) is 0 Å². The molecular weight excluding hydrogens is 382 g/mol. The van der Waals surface area contributed by atoms with Crippen molar-refractivity contribution in [3.8, 4) is 21.8 Å². The second-order valence-corrected chi connectivity index (χ2v) is 7.64. The Labute approximate surface area is 162 Å². The number of furan rings is 1. The Kier molecular flexibility index (Phi) is 4.66. The molecule has 1 aromatic carbocycles. The van der Waals surface area contributed by atoms with Gasteiger partial charge in [-0.15, -0.1) is 11.3 Å². The minimum Gasteiger partial charge on any atom is -0.472 e. The van der Waals surface area contributed by atoms with E-state index in [4.69, 9.17) is 4.42 Å². The van der Waals surface area contributed by atoms with Gasteiger partial charge >= 0.3 is 0 Å². The van der Waals surface area contributed by atoms with Crippen LogP contribution in [0.3, 0.4) is 0 Å². The molecule has 3 heterocycles. The predicted molar refractivity (Wildman–Crippen MR) is 105 cm³/mol. The van der Waals surface area contributed by atoms with Crippen LogP contribution in [0.1, 0.15) is 26.3 Å². The zero-order chi connectivity index (χ0) is 18.8. The summed E-state index contributed by atoms with van der Waals surface area (Å²) in [6, 6.07) is 11.2. The summed E-state index contributed by atoms with van der Waals surface area (Å²) in [5.41, 5.74) is 2.23. The van der Waals surface area contributed by atoms with Gasteiger partial charge in [-0.05, 0) is 6.07 Å². The zero-order valence-electron chi connectivity index (χ0n) is 14.1. The number of ketones is 1. The second-order valence-electron chi connectivity index (χ2n) is 5.61. The lowest BCUT2D eigenvalue weighted by Crippen LogP contribution is -2.09. The molecule has 6 nitrogen and oxygen atoms in total. The molecule has 4 rings (SSSR count). The SMILES string of the molecule is CC(=O)c1sc(NC(=O)c2cnc(-c3ccoc3)s2)nc1-c1ccccc1. The number of carbonyl (C=O) groups is 2. The largest absolute Gasteiger partial charge is 0.472 e. The summed E-state index contributed by atoms with van der Waals surface area (Å²) < 4.78 is 5.04. The molecule has 1 amide bonds. The number of hydrogen-bond donors (Lipinski definition) is 1. The molecule has 0 spiro atoms. The molecule has 8 heteroatoms. The first kappa shape index (κ1) is 17.3. The molecule has 0 saturated heterocycles. The Bertz CT molecular complexity index is 1100. The number of nitrogens with zero attached hydrogens (tertiary/aromatic N) is 2. The van der Waals surface area contributed by atoms with Gasteiger partial charge in [0.05, 0.1) is 23.0 Å². The lowest BCUT2D eigenvalue weighted by atomic mass is 10.1. The van der Waals surface area contributed by atoms with Gasteiger partial charge in [0.1, 0.15) is 16.1 Å². The Hall–Kier alpha value is -3.10. The normalized spacial score (nSPS) is 10.7. The van der Waals surface area contributed by atoms with E-state index in [0.29, 0.717) is 25.6 Å². The lowest BCUT2D eigenvalue weighted by molar-refractivity contribution is 0.101. The maximum atomic E-state index is 12.5. The van der Waals surface area contributed by atoms with Crippen molar-refractivity contribution in [2.45, 2.75) is 6.92 Å². The van der Waals surface area contributed by atoms with Crippen LogP contribution in [-0.4, -0.2) is 21.7 Å². The van der Waals surface area contributed by atoms with Crippen LogP contribution in [0.15, 0.2) is 59.5 Å². The first-order valence-electron chi connectivity index (χ1n) is 7.99. The Morgan fingerprint density at radius 2 is 1.89 bits per heavy atom. The lowest BCUT2D eigenvalue weighted by Gasteiger charge is -1.98. The molecule has 0 unspecified atom stereocenters. The fraction of sp³-hybridized carbons (Fsp3) is 0.0526. The van der Waals surface area contributed by atoms with Crippen LogP contribution in [0, 0.1) is 0 Å². The fourth-order valence-corrected chi connectivity index (χ4v) is 4.14. The Morgan fingerprint density at radius 1 is 1.07 bits per heavy atom. The van der Waals surface area contributed by atoms with Gasteiger partial charge in [0, 0.05) is 18.1 Å². The molecule has 1 N–H and O–H groups in total. The van der Waals surface area contributed by atoms with Gasteiger partial charge in [0.25, 0.3) is 5.91 Å². The zero-order valence-corrected chi connectivity index (χ0v) is 15.8. The van der Waals surface area contributed by atoms with Crippen molar-refractivity contribution in [3.63, 3.8) is 0 Å². The topological polar surface area (TPSA) is 85.1 Å². The van der Waals surface area contributed by atoms with Crippen molar-refractivity contribution in [1.82, 2.24) is 9.97 Å². The smallest absolute Gasteiger partial charge is 0.269 e. The highest BCUT2D eigenvalue weighted by Crippen LogP contribution is 2.32. The average Bonchev–Trinajstić information content (AvgIpc) is 3.41. The highest BCUT2D eigenvalue weighted by molar-refractivity contribution is 7.19. The summed E-state index contributed by atoms with van der Waals surface area (Å²) in [7, 11) is 0.